The first-order chi connectivity index (χ1) is 14.0. The van der Waals surface area contributed by atoms with Gasteiger partial charge in [-0.25, -0.2) is 0 Å². The number of carbonyl (C=O) groups is 2. The Morgan fingerprint density at radius 2 is 1.86 bits per heavy atom. The normalized spacial score (nSPS) is 10.4. The fourth-order valence-electron chi connectivity index (χ4n) is 2.60. The van der Waals surface area contributed by atoms with Gasteiger partial charge in [0.05, 0.1) is 0 Å². The second kappa shape index (κ2) is 9.54. The van der Waals surface area contributed by atoms with Crippen LogP contribution in [0.3, 0.4) is 0 Å². The van der Waals surface area contributed by atoms with Crippen molar-refractivity contribution in [2.45, 2.75) is 26.9 Å². The van der Waals surface area contributed by atoms with Crippen LogP contribution in [0.25, 0.3) is 0 Å². The Balaban J connectivity index is 1.52. The van der Waals surface area contributed by atoms with Gasteiger partial charge in [-0.3, -0.25) is 9.59 Å². The molecule has 0 spiro atoms. The summed E-state index contributed by atoms with van der Waals surface area (Å²) in [6.45, 7) is 4.65. The van der Waals surface area contributed by atoms with Gasteiger partial charge in [0.25, 0.3) is 11.8 Å². The van der Waals surface area contributed by atoms with Gasteiger partial charge in [0.2, 0.25) is 0 Å². The Kier molecular flexibility index (Phi) is 6.63. The molecule has 0 bridgehead atoms. The van der Waals surface area contributed by atoms with Gasteiger partial charge in [0.1, 0.15) is 12.4 Å². The van der Waals surface area contributed by atoms with Crippen LogP contribution >= 0.6 is 0 Å². The Bertz CT molecular complexity index is 980. The van der Waals surface area contributed by atoms with Crippen LogP contribution in [0.4, 0.5) is 5.69 Å². The summed E-state index contributed by atoms with van der Waals surface area (Å²) in [4.78, 5) is 24.1. The lowest BCUT2D eigenvalue weighted by atomic mass is 10.1. The second-order valence-electron chi connectivity index (χ2n) is 6.57. The topological polar surface area (TPSA) is 93.5 Å². The smallest absolute Gasteiger partial charge is 0.273 e. The van der Waals surface area contributed by atoms with E-state index in [0.29, 0.717) is 29.3 Å². The Hall–Kier alpha value is -3.61. The Labute approximate surface area is 169 Å². The third-order valence-corrected chi connectivity index (χ3v) is 4.10. The monoisotopic (exact) mass is 393 g/mol. The summed E-state index contributed by atoms with van der Waals surface area (Å²) >= 11 is 0. The molecular formula is C22H23N3O4. The van der Waals surface area contributed by atoms with Crippen molar-refractivity contribution in [2.75, 3.05) is 11.9 Å². The largest absolute Gasteiger partial charge is 0.486 e. The maximum absolute atomic E-state index is 12.3. The quantitative estimate of drug-likeness (QED) is 0.604. The summed E-state index contributed by atoms with van der Waals surface area (Å²) in [5.74, 6) is 0.615. The predicted molar refractivity (Wildman–Crippen MR) is 109 cm³/mol. The average molecular weight is 393 g/mol. The van der Waals surface area contributed by atoms with Crippen LogP contribution in [0, 0.1) is 6.92 Å². The predicted octanol–water partition coefficient (Wildman–Crippen LogP) is 3.95. The van der Waals surface area contributed by atoms with Crippen molar-refractivity contribution in [1.82, 2.24) is 10.5 Å². The molecule has 0 saturated heterocycles. The number of nitrogens with zero attached hydrogens (tertiary/aromatic N) is 1. The molecule has 2 N–H and O–H groups in total. The molecule has 1 heterocycles. The summed E-state index contributed by atoms with van der Waals surface area (Å²) in [6, 6.07) is 16.0. The van der Waals surface area contributed by atoms with Gasteiger partial charge in [-0.2, -0.15) is 0 Å². The van der Waals surface area contributed by atoms with Crippen LogP contribution in [0.5, 0.6) is 5.75 Å². The molecule has 1 aromatic heterocycles. The summed E-state index contributed by atoms with van der Waals surface area (Å²) in [5.41, 5.74) is 2.53. The standard InChI is InChI=1S/C22H23N3O4/c1-3-11-23-22(27)20-13-19(29-25-20)14-28-18-9-7-17(8-10-18)24-21(26)16-6-4-5-15(2)12-16/h4-10,12-13H,3,11,14H2,1-2H3,(H,23,27)(H,24,26). The molecule has 3 rings (SSSR count). The molecule has 2 amide bonds. The summed E-state index contributed by atoms with van der Waals surface area (Å²) in [6.07, 6.45) is 0.848. The lowest BCUT2D eigenvalue weighted by Crippen LogP contribution is -2.24. The van der Waals surface area contributed by atoms with E-state index in [2.05, 4.69) is 15.8 Å². The van der Waals surface area contributed by atoms with Crippen molar-refractivity contribution in [3.05, 3.63) is 77.2 Å². The summed E-state index contributed by atoms with van der Waals surface area (Å²) in [7, 11) is 0. The molecule has 0 fully saturated rings. The van der Waals surface area contributed by atoms with Crippen LogP contribution in [0.2, 0.25) is 0 Å². The molecule has 0 aliphatic carbocycles. The molecular weight excluding hydrogens is 370 g/mol. The number of amides is 2. The third-order valence-electron chi connectivity index (χ3n) is 4.10. The van der Waals surface area contributed by atoms with Gasteiger partial charge in [-0.05, 0) is 49.7 Å². The number of aromatic nitrogens is 1. The number of anilines is 1. The first-order valence-electron chi connectivity index (χ1n) is 9.40. The second-order valence-corrected chi connectivity index (χ2v) is 6.57. The first kappa shape index (κ1) is 20.1. The molecule has 0 atom stereocenters. The minimum atomic E-state index is -0.268. The van der Waals surface area contributed by atoms with Gasteiger partial charge >= 0.3 is 0 Å². The highest BCUT2D eigenvalue weighted by atomic mass is 16.5. The molecule has 0 aliphatic rings. The van der Waals surface area contributed by atoms with Crippen LogP contribution in [0.1, 0.15) is 45.5 Å². The number of benzene rings is 2. The van der Waals surface area contributed by atoms with Crippen molar-refractivity contribution in [1.29, 1.82) is 0 Å². The van der Waals surface area contributed by atoms with Crippen LogP contribution < -0.4 is 15.4 Å². The number of carbonyl (C=O) groups excluding carboxylic acids is 2. The van der Waals surface area contributed by atoms with Gasteiger partial charge < -0.3 is 19.9 Å². The maximum atomic E-state index is 12.3. The number of ether oxygens (including phenoxy) is 1. The first-order valence-corrected chi connectivity index (χ1v) is 9.40. The van der Waals surface area contributed by atoms with Crippen molar-refractivity contribution in [3.8, 4) is 5.75 Å². The molecule has 2 aromatic carbocycles. The van der Waals surface area contributed by atoms with E-state index in [1.807, 2.05) is 32.0 Å². The van der Waals surface area contributed by atoms with E-state index in [1.54, 1.807) is 36.4 Å². The zero-order chi connectivity index (χ0) is 20.6. The van der Waals surface area contributed by atoms with Gasteiger partial charge in [-0.15, -0.1) is 0 Å². The van der Waals surface area contributed by atoms with Crippen LogP contribution in [-0.2, 0) is 6.61 Å². The van der Waals surface area contributed by atoms with Crippen molar-refractivity contribution < 1.29 is 18.8 Å². The maximum Gasteiger partial charge on any atom is 0.273 e. The van der Waals surface area contributed by atoms with E-state index >= 15 is 0 Å². The number of hydrogen-bond donors (Lipinski definition) is 2. The van der Waals surface area contributed by atoms with Crippen molar-refractivity contribution in [2.24, 2.45) is 0 Å². The highest BCUT2D eigenvalue weighted by Crippen LogP contribution is 2.18. The van der Waals surface area contributed by atoms with Crippen molar-refractivity contribution >= 4 is 17.5 Å². The Morgan fingerprint density at radius 3 is 2.59 bits per heavy atom. The summed E-state index contributed by atoms with van der Waals surface area (Å²) in [5, 5.41) is 9.34. The lowest BCUT2D eigenvalue weighted by Gasteiger charge is -2.08. The fourth-order valence-corrected chi connectivity index (χ4v) is 2.60. The molecule has 0 radical (unpaired) electrons. The van der Waals surface area contributed by atoms with E-state index in [9.17, 15) is 9.59 Å². The van der Waals surface area contributed by atoms with Gasteiger partial charge in [0.15, 0.2) is 11.5 Å². The lowest BCUT2D eigenvalue weighted by molar-refractivity contribution is 0.0943. The molecule has 3 aromatic rings. The molecule has 0 aliphatic heterocycles. The number of nitrogens with one attached hydrogen (secondary N) is 2. The number of aryl methyl sites for hydroxylation is 1. The average Bonchev–Trinajstić information content (AvgIpc) is 3.20. The van der Waals surface area contributed by atoms with E-state index in [1.165, 1.54) is 0 Å². The fraction of sp³-hybridized carbons (Fsp3) is 0.227. The molecule has 7 heteroatoms. The third kappa shape index (κ3) is 5.68. The number of rotatable bonds is 8. The minimum absolute atomic E-state index is 0.142. The van der Waals surface area contributed by atoms with Gasteiger partial charge in [0, 0.05) is 23.9 Å². The SMILES string of the molecule is CCCNC(=O)c1cc(COc2ccc(NC(=O)c3cccc(C)c3)cc2)on1. The molecule has 29 heavy (non-hydrogen) atoms. The molecule has 0 saturated carbocycles. The minimum Gasteiger partial charge on any atom is -0.486 e. The summed E-state index contributed by atoms with van der Waals surface area (Å²) < 4.78 is 10.8. The van der Waals surface area contributed by atoms with Crippen LogP contribution in [-0.4, -0.2) is 23.5 Å². The van der Waals surface area contributed by atoms with Gasteiger partial charge in [-0.1, -0.05) is 29.8 Å². The molecule has 0 unspecified atom stereocenters. The van der Waals surface area contributed by atoms with Crippen LogP contribution in [0.15, 0.2) is 59.1 Å². The highest BCUT2D eigenvalue weighted by molar-refractivity contribution is 6.04. The van der Waals surface area contributed by atoms with E-state index < -0.39 is 0 Å². The van der Waals surface area contributed by atoms with E-state index in [0.717, 1.165) is 12.0 Å². The molecule has 7 nitrogen and oxygen atoms in total. The van der Waals surface area contributed by atoms with Crippen molar-refractivity contribution in [3.63, 3.8) is 0 Å². The Morgan fingerprint density at radius 1 is 1.07 bits per heavy atom. The molecule has 150 valence electrons. The number of hydrogen-bond acceptors (Lipinski definition) is 5. The highest BCUT2D eigenvalue weighted by Gasteiger charge is 2.12. The zero-order valence-electron chi connectivity index (χ0n) is 16.4. The zero-order valence-corrected chi connectivity index (χ0v) is 16.4. The van der Waals surface area contributed by atoms with E-state index in [4.69, 9.17) is 9.26 Å². The van der Waals surface area contributed by atoms with E-state index in [-0.39, 0.29) is 24.1 Å².